The van der Waals surface area contributed by atoms with E-state index in [9.17, 15) is 17.6 Å². The summed E-state index contributed by atoms with van der Waals surface area (Å²) in [5.74, 6) is -6.62. The first-order valence-electron chi connectivity index (χ1n) is 10.7. The van der Waals surface area contributed by atoms with Crippen LogP contribution < -0.4 is 0 Å². The van der Waals surface area contributed by atoms with Crippen LogP contribution in [0.25, 0.3) is 0 Å². The molecule has 2 fully saturated rings. The van der Waals surface area contributed by atoms with Crippen LogP contribution in [0.3, 0.4) is 0 Å². The lowest BCUT2D eigenvalue weighted by Gasteiger charge is -2.32. The lowest BCUT2D eigenvalue weighted by Crippen LogP contribution is -2.44. The molecule has 0 N–H and O–H groups in total. The molecule has 28 heavy (non-hydrogen) atoms. The predicted octanol–water partition coefficient (Wildman–Crippen LogP) is 7.89. The predicted molar refractivity (Wildman–Crippen MR) is 107 cm³/mol. The molecule has 3 aliphatic rings. The fraction of sp³-hybridized carbons (Fsp3) is 0.667. The summed E-state index contributed by atoms with van der Waals surface area (Å²) in [5.41, 5.74) is -1.17. The highest BCUT2D eigenvalue weighted by molar-refractivity contribution is 5.47. The second kappa shape index (κ2) is 8.59. The van der Waals surface area contributed by atoms with Gasteiger partial charge in [-0.2, -0.15) is 17.6 Å². The zero-order chi connectivity index (χ0) is 20.4. The smallest absolute Gasteiger partial charge is 0.194 e. The highest BCUT2D eigenvalue weighted by atomic mass is 19.3. The molecule has 0 nitrogen and oxygen atoms in total. The summed E-state index contributed by atoms with van der Waals surface area (Å²) in [4.78, 5) is 0. The molecule has 0 aromatic heterocycles. The molecule has 0 amide bonds. The third-order valence-electron chi connectivity index (χ3n) is 6.78. The van der Waals surface area contributed by atoms with Crippen molar-refractivity contribution in [2.45, 2.75) is 77.1 Å². The Balaban J connectivity index is 1.72. The third kappa shape index (κ3) is 4.63. The van der Waals surface area contributed by atoms with Gasteiger partial charge in [0.15, 0.2) is 0 Å². The van der Waals surface area contributed by atoms with Gasteiger partial charge in [0, 0.05) is 11.1 Å². The molecule has 0 unspecified atom stereocenters. The number of hydrogen-bond donors (Lipinski definition) is 0. The molecule has 0 aromatic carbocycles. The monoisotopic (exact) mass is 396 g/mol. The van der Waals surface area contributed by atoms with Crippen LogP contribution >= 0.6 is 0 Å². The molecule has 0 saturated heterocycles. The second-order valence-corrected chi connectivity index (χ2v) is 9.15. The summed E-state index contributed by atoms with van der Waals surface area (Å²) in [6.07, 6.45) is 16.2. The average molecular weight is 397 g/mol. The van der Waals surface area contributed by atoms with E-state index in [1.165, 1.54) is 24.3 Å². The fourth-order valence-electron chi connectivity index (χ4n) is 4.51. The van der Waals surface area contributed by atoms with Gasteiger partial charge in [-0.3, -0.25) is 0 Å². The van der Waals surface area contributed by atoms with Gasteiger partial charge in [-0.1, -0.05) is 76.0 Å². The van der Waals surface area contributed by atoms with Crippen molar-refractivity contribution in [3.8, 4) is 0 Å². The summed E-state index contributed by atoms with van der Waals surface area (Å²) >= 11 is 0. The minimum Gasteiger partial charge on any atom is -0.194 e. The molecule has 0 radical (unpaired) electrons. The minimum absolute atomic E-state index is 0.209. The summed E-state index contributed by atoms with van der Waals surface area (Å²) in [5, 5.41) is 0. The molecule has 0 aliphatic heterocycles. The first-order valence-corrected chi connectivity index (χ1v) is 10.7. The topological polar surface area (TPSA) is 0 Å². The van der Waals surface area contributed by atoms with E-state index in [0.29, 0.717) is 11.8 Å². The van der Waals surface area contributed by atoms with Crippen LogP contribution in [0, 0.1) is 23.7 Å². The van der Waals surface area contributed by atoms with E-state index >= 15 is 0 Å². The second-order valence-electron chi connectivity index (χ2n) is 9.15. The maximum Gasteiger partial charge on any atom is 0.339 e. The Kier molecular flexibility index (Phi) is 6.56. The molecule has 0 atom stereocenters. The van der Waals surface area contributed by atoms with Gasteiger partial charge < -0.3 is 0 Å². The highest BCUT2D eigenvalue weighted by Crippen LogP contribution is 2.48. The van der Waals surface area contributed by atoms with Crippen molar-refractivity contribution in [1.29, 1.82) is 0 Å². The van der Waals surface area contributed by atoms with Crippen molar-refractivity contribution in [1.82, 2.24) is 0 Å². The van der Waals surface area contributed by atoms with Gasteiger partial charge in [0.25, 0.3) is 0 Å². The maximum atomic E-state index is 14.6. The molecule has 0 aromatic rings. The van der Waals surface area contributed by atoms with Crippen molar-refractivity contribution in [3.05, 3.63) is 47.6 Å². The van der Waals surface area contributed by atoms with Gasteiger partial charge in [0.1, 0.15) is 0 Å². The zero-order valence-electron chi connectivity index (χ0n) is 16.9. The molecule has 2 saturated carbocycles. The van der Waals surface area contributed by atoms with Crippen LogP contribution in [0.15, 0.2) is 47.6 Å². The number of rotatable bonds is 4. The van der Waals surface area contributed by atoms with E-state index in [0.717, 1.165) is 51.4 Å². The molecule has 0 heterocycles. The van der Waals surface area contributed by atoms with Crippen molar-refractivity contribution in [2.24, 2.45) is 23.7 Å². The summed E-state index contributed by atoms with van der Waals surface area (Å²) in [6.45, 7) is 4.37. The van der Waals surface area contributed by atoms with Gasteiger partial charge >= 0.3 is 11.8 Å². The molecule has 156 valence electrons. The van der Waals surface area contributed by atoms with Crippen molar-refractivity contribution >= 4 is 0 Å². The van der Waals surface area contributed by atoms with Crippen molar-refractivity contribution < 1.29 is 17.6 Å². The van der Waals surface area contributed by atoms with Gasteiger partial charge in [-0.15, -0.1) is 0 Å². The SMILES string of the molecule is CC1CCC(/C=C/C2=CC=C(/C=C/C3CCC(C)CC3)C(F)(F)C2(F)F)CC1. The molecule has 0 bridgehead atoms. The van der Waals surface area contributed by atoms with E-state index in [4.69, 9.17) is 0 Å². The van der Waals surface area contributed by atoms with Crippen LogP contribution in [0.2, 0.25) is 0 Å². The van der Waals surface area contributed by atoms with Crippen LogP contribution in [0.5, 0.6) is 0 Å². The summed E-state index contributed by atoms with van der Waals surface area (Å²) in [7, 11) is 0. The standard InChI is InChI=1S/C24H32F4/c1-17-3-7-19(8-4-17)11-13-21-15-16-22(24(27,28)23(21,25)26)14-12-20-9-5-18(2)6-10-20/h11-20H,3-10H2,1-2H3/b13-11+,14-12+. The Hall–Kier alpha value is -1.32. The number of allylic oxidation sites excluding steroid dienone is 8. The molecule has 3 aliphatic carbocycles. The summed E-state index contributed by atoms with van der Waals surface area (Å²) < 4.78 is 58.3. The molecule has 3 rings (SSSR count). The normalized spacial score (nSPS) is 35.8. The van der Waals surface area contributed by atoms with Crippen molar-refractivity contribution in [3.63, 3.8) is 0 Å². The first kappa shape index (κ1) is 21.4. The molecular weight excluding hydrogens is 364 g/mol. The van der Waals surface area contributed by atoms with Gasteiger partial charge in [0.05, 0.1) is 0 Å². The van der Waals surface area contributed by atoms with Gasteiger partial charge in [-0.25, -0.2) is 0 Å². The van der Waals surface area contributed by atoms with Crippen LogP contribution in [0.1, 0.15) is 65.2 Å². The van der Waals surface area contributed by atoms with E-state index in [-0.39, 0.29) is 11.8 Å². The largest absolute Gasteiger partial charge is 0.339 e. The quantitative estimate of drug-likeness (QED) is 0.424. The van der Waals surface area contributed by atoms with Crippen molar-refractivity contribution in [2.75, 3.05) is 0 Å². The lowest BCUT2D eigenvalue weighted by molar-refractivity contribution is -0.158. The maximum absolute atomic E-state index is 14.6. The Morgan fingerprint density at radius 3 is 1.29 bits per heavy atom. The van der Waals surface area contributed by atoms with Crippen LogP contribution in [-0.4, -0.2) is 11.8 Å². The van der Waals surface area contributed by atoms with E-state index in [1.54, 1.807) is 12.2 Å². The van der Waals surface area contributed by atoms with E-state index < -0.39 is 23.0 Å². The minimum atomic E-state index is -4.18. The Morgan fingerprint density at radius 2 is 0.964 bits per heavy atom. The van der Waals surface area contributed by atoms with E-state index in [2.05, 4.69) is 13.8 Å². The number of hydrogen-bond acceptors (Lipinski definition) is 0. The number of alkyl halides is 4. The molecule has 4 heteroatoms. The van der Waals surface area contributed by atoms with Crippen LogP contribution in [-0.2, 0) is 0 Å². The highest BCUT2D eigenvalue weighted by Gasteiger charge is 2.60. The molecular formula is C24H32F4. The Morgan fingerprint density at radius 1 is 0.643 bits per heavy atom. The molecule has 0 spiro atoms. The lowest BCUT2D eigenvalue weighted by atomic mass is 9.81. The van der Waals surface area contributed by atoms with E-state index in [1.807, 2.05) is 0 Å². The third-order valence-corrected chi connectivity index (χ3v) is 6.78. The Bertz CT molecular complexity index is 594. The Labute approximate surface area is 166 Å². The van der Waals surface area contributed by atoms with Crippen LogP contribution in [0.4, 0.5) is 17.6 Å². The van der Waals surface area contributed by atoms with Gasteiger partial charge in [-0.05, 0) is 49.4 Å². The van der Waals surface area contributed by atoms with Gasteiger partial charge in [0.2, 0.25) is 0 Å². The fourth-order valence-corrected chi connectivity index (χ4v) is 4.51. The average Bonchev–Trinajstić information content (AvgIpc) is 2.65. The number of halogens is 4. The zero-order valence-corrected chi connectivity index (χ0v) is 16.9. The first-order chi connectivity index (χ1) is 13.2. The summed E-state index contributed by atoms with van der Waals surface area (Å²) in [6, 6.07) is 0.